The molecule has 2 fully saturated rings. The van der Waals surface area contributed by atoms with Gasteiger partial charge in [-0.1, -0.05) is 22.0 Å². The molecule has 2 atom stereocenters. The van der Waals surface area contributed by atoms with Gasteiger partial charge >= 0.3 is 0 Å². The van der Waals surface area contributed by atoms with Crippen molar-refractivity contribution in [1.29, 1.82) is 0 Å². The van der Waals surface area contributed by atoms with Crippen LogP contribution in [0.15, 0.2) is 22.7 Å². The molecule has 2 heterocycles. The summed E-state index contributed by atoms with van der Waals surface area (Å²) in [5.41, 5.74) is 1.11. The first kappa shape index (κ1) is 20.6. The Balaban J connectivity index is 0.00000225. The number of rotatable bonds is 5. The zero-order valence-corrected chi connectivity index (χ0v) is 16.7. The predicted octanol–water partition coefficient (Wildman–Crippen LogP) is 3.09. The van der Waals surface area contributed by atoms with Crippen LogP contribution in [-0.2, 0) is 11.3 Å². The van der Waals surface area contributed by atoms with Crippen molar-refractivity contribution in [1.82, 2.24) is 15.5 Å². The minimum Gasteiger partial charge on any atom is -0.354 e. The lowest BCUT2D eigenvalue weighted by molar-refractivity contribution is -0.123. The number of halogens is 3. The largest absolute Gasteiger partial charge is 0.354 e. The molecule has 7 heteroatoms. The molecule has 0 aliphatic carbocycles. The van der Waals surface area contributed by atoms with E-state index in [1.807, 2.05) is 6.07 Å². The Hall–Kier alpha value is -0.690. The van der Waals surface area contributed by atoms with E-state index in [-0.39, 0.29) is 30.2 Å². The number of nitrogens with one attached hydrogen (secondary N) is 2. The highest BCUT2D eigenvalue weighted by atomic mass is 79.9. The van der Waals surface area contributed by atoms with Crippen molar-refractivity contribution >= 4 is 34.2 Å². The lowest BCUT2D eigenvalue weighted by Gasteiger charge is -2.33. The molecule has 2 unspecified atom stereocenters. The maximum atomic E-state index is 13.2. The van der Waals surface area contributed by atoms with Gasteiger partial charge < -0.3 is 10.6 Å². The average molecular weight is 435 g/mol. The molecule has 2 aliphatic rings. The number of carbonyl (C=O) groups excluding carboxylic acids is 1. The summed E-state index contributed by atoms with van der Waals surface area (Å²) in [6.45, 7) is 4.54. The van der Waals surface area contributed by atoms with Crippen LogP contribution in [0, 0.1) is 11.7 Å². The first-order valence-electron chi connectivity index (χ1n) is 8.79. The van der Waals surface area contributed by atoms with Crippen LogP contribution in [0.1, 0.15) is 31.2 Å². The molecule has 2 saturated heterocycles. The Morgan fingerprint density at radius 2 is 2.20 bits per heavy atom. The summed E-state index contributed by atoms with van der Waals surface area (Å²) in [6.07, 6.45) is 4.32. The number of hydrogen-bond donors (Lipinski definition) is 2. The first-order chi connectivity index (χ1) is 11.6. The molecule has 4 nitrogen and oxygen atoms in total. The van der Waals surface area contributed by atoms with Gasteiger partial charge in [0.1, 0.15) is 5.82 Å². The topological polar surface area (TPSA) is 44.4 Å². The van der Waals surface area contributed by atoms with Gasteiger partial charge in [0.25, 0.3) is 0 Å². The maximum absolute atomic E-state index is 13.2. The normalized spacial score (nSPS) is 23.9. The monoisotopic (exact) mass is 433 g/mol. The minimum absolute atomic E-state index is 0. The molecule has 0 aromatic heterocycles. The second-order valence-electron chi connectivity index (χ2n) is 6.87. The Morgan fingerprint density at radius 3 is 2.92 bits per heavy atom. The third-order valence-corrected chi connectivity index (χ3v) is 5.69. The maximum Gasteiger partial charge on any atom is 0.237 e. The van der Waals surface area contributed by atoms with Gasteiger partial charge in [-0.05, 0) is 62.4 Å². The number of benzene rings is 1. The molecular weight excluding hydrogens is 409 g/mol. The quantitative estimate of drug-likeness (QED) is 0.748. The van der Waals surface area contributed by atoms with Gasteiger partial charge in [-0.25, -0.2) is 4.39 Å². The van der Waals surface area contributed by atoms with Crippen molar-refractivity contribution in [2.45, 2.75) is 38.3 Å². The van der Waals surface area contributed by atoms with Crippen molar-refractivity contribution in [3.05, 3.63) is 34.1 Å². The number of piperidine rings is 1. The Bertz CT molecular complexity index is 583. The van der Waals surface area contributed by atoms with Crippen molar-refractivity contribution in [2.75, 3.05) is 26.2 Å². The molecule has 1 aromatic carbocycles. The van der Waals surface area contributed by atoms with E-state index >= 15 is 0 Å². The second-order valence-corrected chi connectivity index (χ2v) is 7.73. The molecule has 25 heavy (non-hydrogen) atoms. The number of amides is 1. The van der Waals surface area contributed by atoms with Gasteiger partial charge in [0.2, 0.25) is 5.91 Å². The third-order valence-electron chi connectivity index (χ3n) is 4.95. The summed E-state index contributed by atoms with van der Waals surface area (Å²) in [7, 11) is 0. The van der Waals surface area contributed by atoms with Gasteiger partial charge in [0, 0.05) is 24.1 Å². The Morgan fingerprint density at radius 1 is 1.36 bits per heavy atom. The molecule has 0 saturated carbocycles. The fourth-order valence-electron chi connectivity index (χ4n) is 3.63. The summed E-state index contributed by atoms with van der Waals surface area (Å²) in [6, 6.07) is 4.87. The minimum atomic E-state index is -0.217. The van der Waals surface area contributed by atoms with Crippen LogP contribution in [0.5, 0.6) is 0 Å². The van der Waals surface area contributed by atoms with E-state index in [0.717, 1.165) is 68.4 Å². The molecule has 1 amide bonds. The lowest BCUT2D eigenvalue weighted by atomic mass is 9.97. The molecule has 140 valence electrons. The fraction of sp³-hybridized carbons (Fsp3) is 0.611. The van der Waals surface area contributed by atoms with E-state index in [2.05, 4.69) is 31.5 Å². The summed E-state index contributed by atoms with van der Waals surface area (Å²) >= 11 is 3.45. The van der Waals surface area contributed by atoms with Crippen LogP contribution in [0.2, 0.25) is 0 Å². The van der Waals surface area contributed by atoms with Crippen LogP contribution in [-0.4, -0.2) is 43.0 Å². The average Bonchev–Trinajstić information content (AvgIpc) is 3.10. The molecule has 0 bridgehead atoms. The van der Waals surface area contributed by atoms with Gasteiger partial charge in [-0.2, -0.15) is 0 Å². The number of nitrogens with zero attached hydrogens (tertiary/aromatic N) is 1. The molecule has 0 spiro atoms. The van der Waals surface area contributed by atoms with E-state index in [9.17, 15) is 9.18 Å². The molecule has 2 N–H and O–H groups in total. The van der Waals surface area contributed by atoms with E-state index in [1.165, 1.54) is 12.1 Å². The van der Waals surface area contributed by atoms with Gasteiger partial charge in [0.15, 0.2) is 0 Å². The van der Waals surface area contributed by atoms with Crippen molar-refractivity contribution in [3.8, 4) is 0 Å². The van der Waals surface area contributed by atoms with Crippen LogP contribution in [0.4, 0.5) is 4.39 Å². The van der Waals surface area contributed by atoms with E-state index < -0.39 is 0 Å². The summed E-state index contributed by atoms with van der Waals surface area (Å²) in [5.74, 6) is 0.416. The fourth-order valence-corrected chi connectivity index (χ4v) is 4.11. The van der Waals surface area contributed by atoms with Crippen molar-refractivity contribution in [3.63, 3.8) is 0 Å². The molecule has 2 aliphatic heterocycles. The highest BCUT2D eigenvalue weighted by Gasteiger charge is 2.24. The lowest BCUT2D eigenvalue weighted by Crippen LogP contribution is -2.45. The molecule has 1 aromatic rings. The third kappa shape index (κ3) is 5.91. The molecule has 0 radical (unpaired) electrons. The van der Waals surface area contributed by atoms with Gasteiger partial charge in [0.05, 0.1) is 6.04 Å². The second kappa shape index (κ2) is 9.86. The smallest absolute Gasteiger partial charge is 0.237 e. The van der Waals surface area contributed by atoms with E-state index in [1.54, 1.807) is 0 Å². The summed E-state index contributed by atoms with van der Waals surface area (Å²) < 4.78 is 14.0. The zero-order chi connectivity index (χ0) is 16.9. The van der Waals surface area contributed by atoms with Crippen molar-refractivity contribution < 1.29 is 9.18 Å². The summed E-state index contributed by atoms with van der Waals surface area (Å²) in [5, 5.41) is 6.35. The predicted molar refractivity (Wildman–Crippen MR) is 103 cm³/mol. The van der Waals surface area contributed by atoms with Crippen LogP contribution in [0.25, 0.3) is 0 Å². The van der Waals surface area contributed by atoms with Crippen LogP contribution < -0.4 is 10.6 Å². The van der Waals surface area contributed by atoms with Gasteiger partial charge in [-0.15, -0.1) is 12.4 Å². The van der Waals surface area contributed by atoms with E-state index in [0.29, 0.717) is 5.92 Å². The van der Waals surface area contributed by atoms with Crippen molar-refractivity contribution in [2.24, 2.45) is 5.92 Å². The van der Waals surface area contributed by atoms with Crippen LogP contribution in [0.3, 0.4) is 0 Å². The Kier molecular flexibility index (Phi) is 8.13. The number of likely N-dealkylation sites (tertiary alicyclic amines) is 1. The Labute approximate surface area is 163 Å². The first-order valence-corrected chi connectivity index (χ1v) is 9.58. The number of hydrogen-bond acceptors (Lipinski definition) is 3. The van der Waals surface area contributed by atoms with Gasteiger partial charge in [-0.3, -0.25) is 9.69 Å². The van der Waals surface area contributed by atoms with Crippen LogP contribution >= 0.6 is 28.3 Å². The molecule has 3 rings (SSSR count). The standard InChI is InChI=1S/C18H25BrFN3O.ClH/c19-16-9-15(20)6-5-14(16)12-23-8-2-3-13(11-23)10-22-18(24)17-4-1-7-21-17;/h5-6,9,13,17,21H,1-4,7-8,10-12H2,(H,22,24);1H. The SMILES string of the molecule is Cl.O=C(NCC1CCCN(Cc2ccc(F)cc2Br)C1)C1CCCN1. The zero-order valence-electron chi connectivity index (χ0n) is 14.3. The number of carbonyl (C=O) groups is 1. The summed E-state index contributed by atoms with van der Waals surface area (Å²) in [4.78, 5) is 14.5. The molecular formula is C18H26BrClFN3O. The van der Waals surface area contributed by atoms with E-state index in [4.69, 9.17) is 0 Å². The highest BCUT2D eigenvalue weighted by molar-refractivity contribution is 9.10. The highest BCUT2D eigenvalue weighted by Crippen LogP contribution is 2.23.